The number of hydrogen-bond donors (Lipinski definition) is 1. The number of hydrogen-bond acceptors (Lipinski definition) is 6. The van der Waals surface area contributed by atoms with Crippen LogP contribution in [0.25, 0.3) is 17.0 Å². The monoisotopic (exact) mass is 481 g/mol. The van der Waals surface area contributed by atoms with E-state index in [0.29, 0.717) is 28.1 Å². The molecule has 5 rings (SSSR count). The Morgan fingerprint density at radius 2 is 2.15 bits per heavy atom. The van der Waals surface area contributed by atoms with Crippen molar-refractivity contribution in [2.24, 2.45) is 0 Å². The van der Waals surface area contributed by atoms with Gasteiger partial charge in [-0.2, -0.15) is 0 Å². The van der Waals surface area contributed by atoms with Crippen LogP contribution in [0.5, 0.6) is 0 Å². The van der Waals surface area contributed by atoms with E-state index in [0.717, 1.165) is 35.9 Å². The number of amides is 2. The van der Waals surface area contributed by atoms with E-state index in [1.165, 1.54) is 11.8 Å². The molecule has 0 saturated carbocycles. The molecule has 33 heavy (non-hydrogen) atoms. The van der Waals surface area contributed by atoms with Crippen LogP contribution in [0.4, 0.5) is 0 Å². The molecule has 2 fully saturated rings. The molecular weight excluding hydrogens is 458 g/mol. The predicted molar refractivity (Wildman–Crippen MR) is 131 cm³/mol. The van der Waals surface area contributed by atoms with E-state index in [4.69, 9.17) is 21.4 Å². The normalized spacial score (nSPS) is 19.8. The Morgan fingerprint density at radius 3 is 2.94 bits per heavy atom. The van der Waals surface area contributed by atoms with Crippen LogP contribution in [-0.2, 0) is 27.4 Å². The van der Waals surface area contributed by atoms with Crippen molar-refractivity contribution in [3.63, 3.8) is 0 Å². The first kappa shape index (κ1) is 21.9. The SMILES string of the molecule is O=C(Cn1cc(/C=C2\SC(=S)N(Cc3ccco3)C2=O)c2ccccc21)NC[C@@H]1CCCO1. The fourth-order valence-corrected chi connectivity index (χ4v) is 5.35. The highest BCUT2D eigenvalue weighted by Crippen LogP contribution is 2.35. The number of rotatable bonds is 7. The third-order valence-corrected chi connectivity index (χ3v) is 7.12. The summed E-state index contributed by atoms with van der Waals surface area (Å²) in [5.41, 5.74) is 1.80. The summed E-state index contributed by atoms with van der Waals surface area (Å²) in [6.07, 6.45) is 7.47. The standard InChI is InChI=1S/C24H23N3O4S2/c28-22(25-12-17-5-3-9-30-17)15-26-13-16(19-7-1-2-8-20(19)26)11-21-23(29)27(24(32)33-21)14-18-6-4-10-31-18/h1-2,4,6-8,10-11,13,17H,3,5,9,12,14-15H2,(H,25,28)/b21-11-/t17-/m0/s1. The number of furan rings is 1. The number of ether oxygens (including phenoxy) is 1. The maximum Gasteiger partial charge on any atom is 0.266 e. The lowest BCUT2D eigenvalue weighted by Crippen LogP contribution is -2.34. The van der Waals surface area contributed by atoms with E-state index in [1.807, 2.05) is 47.2 Å². The van der Waals surface area contributed by atoms with E-state index in [1.54, 1.807) is 17.2 Å². The van der Waals surface area contributed by atoms with Gasteiger partial charge in [0.1, 0.15) is 16.6 Å². The topological polar surface area (TPSA) is 76.7 Å². The lowest BCUT2D eigenvalue weighted by atomic mass is 10.1. The Hall–Kier alpha value is -2.88. The van der Waals surface area contributed by atoms with Crippen molar-refractivity contribution in [3.8, 4) is 0 Å². The molecule has 1 N–H and O–H groups in total. The number of nitrogens with one attached hydrogen (secondary N) is 1. The van der Waals surface area contributed by atoms with E-state index in [2.05, 4.69) is 5.32 Å². The number of thiocarbonyl (C=S) groups is 1. The first-order valence-corrected chi connectivity index (χ1v) is 12.0. The maximum absolute atomic E-state index is 13.0. The van der Waals surface area contributed by atoms with Gasteiger partial charge in [-0.15, -0.1) is 0 Å². The number of fused-ring (bicyclic) bond motifs is 1. The van der Waals surface area contributed by atoms with E-state index in [-0.39, 0.29) is 24.5 Å². The second kappa shape index (κ2) is 9.54. The Kier molecular flexibility index (Phi) is 6.34. The number of carbonyl (C=O) groups is 2. The van der Waals surface area contributed by atoms with Gasteiger partial charge in [-0.25, -0.2) is 0 Å². The summed E-state index contributed by atoms with van der Waals surface area (Å²) in [5.74, 6) is 0.466. The van der Waals surface area contributed by atoms with Crippen LogP contribution in [0.2, 0.25) is 0 Å². The summed E-state index contributed by atoms with van der Waals surface area (Å²) in [6, 6.07) is 11.5. The van der Waals surface area contributed by atoms with Crippen molar-refractivity contribution in [2.75, 3.05) is 13.2 Å². The van der Waals surface area contributed by atoms with Crippen LogP contribution in [0.15, 0.2) is 58.2 Å². The lowest BCUT2D eigenvalue weighted by Gasteiger charge is -2.11. The molecule has 7 nitrogen and oxygen atoms in total. The van der Waals surface area contributed by atoms with Gasteiger partial charge in [0, 0.05) is 35.8 Å². The first-order valence-electron chi connectivity index (χ1n) is 10.8. The fraction of sp³-hybridized carbons (Fsp3) is 0.292. The average molecular weight is 482 g/mol. The summed E-state index contributed by atoms with van der Waals surface area (Å²) < 4.78 is 13.4. The highest BCUT2D eigenvalue weighted by molar-refractivity contribution is 8.26. The maximum atomic E-state index is 13.0. The van der Waals surface area contributed by atoms with Crippen molar-refractivity contribution in [1.29, 1.82) is 0 Å². The third kappa shape index (κ3) is 4.75. The van der Waals surface area contributed by atoms with Crippen molar-refractivity contribution in [3.05, 3.63) is 65.1 Å². The van der Waals surface area contributed by atoms with Gasteiger partial charge in [0.2, 0.25) is 5.91 Å². The van der Waals surface area contributed by atoms with Gasteiger partial charge in [0.05, 0.1) is 23.8 Å². The summed E-state index contributed by atoms with van der Waals surface area (Å²) in [7, 11) is 0. The molecule has 9 heteroatoms. The highest BCUT2D eigenvalue weighted by Gasteiger charge is 2.32. The van der Waals surface area contributed by atoms with Crippen LogP contribution in [0.3, 0.4) is 0 Å². The van der Waals surface area contributed by atoms with Crippen molar-refractivity contribution >= 4 is 57.1 Å². The number of benzene rings is 1. The highest BCUT2D eigenvalue weighted by atomic mass is 32.2. The quantitative estimate of drug-likeness (QED) is 0.407. The Morgan fingerprint density at radius 1 is 1.27 bits per heavy atom. The van der Waals surface area contributed by atoms with Crippen LogP contribution in [0, 0.1) is 0 Å². The second-order valence-electron chi connectivity index (χ2n) is 8.02. The Labute approximate surface area is 200 Å². The van der Waals surface area contributed by atoms with E-state index < -0.39 is 0 Å². The Bertz CT molecular complexity index is 1230. The molecule has 0 aliphatic carbocycles. The van der Waals surface area contributed by atoms with Gasteiger partial charge < -0.3 is 19.0 Å². The van der Waals surface area contributed by atoms with Gasteiger partial charge in [-0.05, 0) is 37.1 Å². The summed E-state index contributed by atoms with van der Waals surface area (Å²) in [4.78, 5) is 27.7. The molecule has 0 spiro atoms. The van der Waals surface area contributed by atoms with Crippen LogP contribution in [-0.4, -0.2) is 44.9 Å². The number of para-hydroxylation sites is 1. The van der Waals surface area contributed by atoms with Crippen molar-refractivity contribution in [1.82, 2.24) is 14.8 Å². The molecule has 2 aromatic heterocycles. The molecule has 4 heterocycles. The van der Waals surface area contributed by atoms with Gasteiger partial charge >= 0.3 is 0 Å². The van der Waals surface area contributed by atoms with Crippen LogP contribution >= 0.6 is 24.0 Å². The molecule has 170 valence electrons. The molecular formula is C24H23N3O4S2. The lowest BCUT2D eigenvalue weighted by molar-refractivity contribution is -0.123. The third-order valence-electron chi connectivity index (χ3n) is 5.74. The molecule has 2 aliphatic heterocycles. The van der Waals surface area contributed by atoms with Crippen molar-refractivity contribution in [2.45, 2.75) is 32.0 Å². The van der Waals surface area contributed by atoms with Gasteiger partial charge in [0.15, 0.2) is 0 Å². The van der Waals surface area contributed by atoms with Crippen LogP contribution in [0.1, 0.15) is 24.2 Å². The zero-order valence-electron chi connectivity index (χ0n) is 17.9. The van der Waals surface area contributed by atoms with Gasteiger partial charge in [0.25, 0.3) is 5.91 Å². The zero-order valence-corrected chi connectivity index (χ0v) is 19.5. The number of aromatic nitrogens is 1. The predicted octanol–water partition coefficient (Wildman–Crippen LogP) is 3.93. The zero-order chi connectivity index (χ0) is 22.8. The fourth-order valence-electron chi connectivity index (χ4n) is 4.10. The van der Waals surface area contributed by atoms with Crippen LogP contribution < -0.4 is 5.32 Å². The molecule has 3 aromatic rings. The van der Waals surface area contributed by atoms with E-state index in [9.17, 15) is 9.59 Å². The van der Waals surface area contributed by atoms with Gasteiger partial charge in [-0.3, -0.25) is 14.5 Å². The molecule has 0 bridgehead atoms. The Balaban J connectivity index is 1.35. The molecule has 2 saturated heterocycles. The minimum absolute atomic E-state index is 0.0671. The minimum Gasteiger partial charge on any atom is -0.467 e. The molecule has 2 aliphatic rings. The molecule has 1 atom stereocenters. The number of thioether (sulfide) groups is 1. The van der Waals surface area contributed by atoms with E-state index >= 15 is 0 Å². The smallest absolute Gasteiger partial charge is 0.266 e. The van der Waals surface area contributed by atoms with Crippen molar-refractivity contribution < 1.29 is 18.7 Å². The van der Waals surface area contributed by atoms with Gasteiger partial charge in [-0.1, -0.05) is 42.2 Å². The largest absolute Gasteiger partial charge is 0.467 e. The number of carbonyl (C=O) groups excluding carboxylic acids is 2. The summed E-state index contributed by atoms with van der Waals surface area (Å²) in [5, 5.41) is 3.94. The molecule has 0 radical (unpaired) electrons. The second-order valence-corrected chi connectivity index (χ2v) is 9.69. The molecule has 1 aromatic carbocycles. The average Bonchev–Trinajstić information content (AvgIpc) is 3.61. The summed E-state index contributed by atoms with van der Waals surface area (Å²) >= 11 is 6.71. The minimum atomic E-state index is -0.146. The summed E-state index contributed by atoms with van der Waals surface area (Å²) in [6.45, 7) is 1.80. The first-order chi connectivity index (χ1) is 16.1. The number of nitrogens with zero attached hydrogens (tertiary/aromatic N) is 2. The molecule has 0 unspecified atom stereocenters. The molecule has 2 amide bonds.